The number of hydrogen-bond acceptors (Lipinski definition) is 8. The molecule has 12 nitrogen and oxygen atoms in total. The van der Waals surface area contributed by atoms with E-state index in [0.717, 1.165) is 0 Å². The Morgan fingerprint density at radius 2 is 1.30 bits per heavy atom. The molecule has 0 aromatic heterocycles. The number of nitrogens with one attached hydrogen (secondary N) is 1. The third-order valence-electron chi connectivity index (χ3n) is 4.80. The van der Waals surface area contributed by atoms with Gasteiger partial charge in [-0.15, -0.1) is 0 Å². The molecule has 1 aliphatic heterocycles. The van der Waals surface area contributed by atoms with Crippen LogP contribution in [0, 0.1) is 0 Å². The average molecular weight is 432 g/mol. The largest absolute Gasteiger partial charge is 0.481 e. The number of aliphatic carboxylic acids is 4. The number of hydrogen-bond donors (Lipinski definition) is 5. The summed E-state index contributed by atoms with van der Waals surface area (Å²) in [6, 6.07) is -0.656. The van der Waals surface area contributed by atoms with Crippen molar-refractivity contribution in [3.05, 3.63) is 0 Å². The van der Waals surface area contributed by atoms with E-state index in [9.17, 15) is 34.5 Å². The average Bonchev–Trinajstić information content (AvgIpc) is 2.60. The lowest BCUT2D eigenvalue weighted by Crippen LogP contribution is -2.49. The lowest BCUT2D eigenvalue weighted by molar-refractivity contribution is -0.143. The van der Waals surface area contributed by atoms with Crippen molar-refractivity contribution in [2.24, 2.45) is 0 Å². The molecular weight excluding hydrogens is 400 g/mol. The number of carboxylic acids is 4. The maximum atomic E-state index is 11.4. The van der Waals surface area contributed by atoms with E-state index in [1.54, 1.807) is 14.7 Å². The minimum Gasteiger partial charge on any atom is -0.481 e. The molecule has 1 saturated heterocycles. The highest BCUT2D eigenvalue weighted by Crippen LogP contribution is 2.10. The van der Waals surface area contributed by atoms with Crippen molar-refractivity contribution in [1.82, 2.24) is 20.0 Å². The Morgan fingerprint density at radius 1 is 0.700 bits per heavy atom. The first kappa shape index (κ1) is 25.8. The molecule has 0 bridgehead atoms. The lowest BCUT2D eigenvalue weighted by Gasteiger charge is -2.34. The summed E-state index contributed by atoms with van der Waals surface area (Å²) in [5.74, 6) is -4.17. The van der Waals surface area contributed by atoms with Gasteiger partial charge in [0.25, 0.3) is 0 Å². The highest BCUT2D eigenvalue weighted by Gasteiger charge is 2.26. The van der Waals surface area contributed by atoms with Gasteiger partial charge >= 0.3 is 23.9 Å². The molecule has 0 saturated carbocycles. The molecule has 0 radical (unpaired) electrons. The van der Waals surface area contributed by atoms with Crippen LogP contribution in [0.25, 0.3) is 0 Å². The number of carbonyl (C=O) groups is 4. The van der Waals surface area contributed by atoms with Crippen LogP contribution in [-0.4, -0.2) is 130 Å². The summed E-state index contributed by atoms with van der Waals surface area (Å²) in [6.45, 7) is 2.11. The van der Waals surface area contributed by atoms with Gasteiger partial charge < -0.3 is 25.7 Å². The van der Waals surface area contributed by atoms with Crippen molar-refractivity contribution in [2.75, 3.05) is 65.4 Å². The molecule has 0 aromatic rings. The van der Waals surface area contributed by atoms with Gasteiger partial charge in [-0.05, 0) is 19.4 Å². The van der Waals surface area contributed by atoms with Crippen LogP contribution in [-0.2, 0) is 19.2 Å². The fourth-order valence-corrected chi connectivity index (χ4v) is 3.55. The highest BCUT2D eigenvalue weighted by molar-refractivity contribution is 5.70. The van der Waals surface area contributed by atoms with Gasteiger partial charge in [-0.2, -0.15) is 0 Å². The normalized spacial score (nSPS) is 21.5. The smallest absolute Gasteiger partial charge is 0.317 e. The van der Waals surface area contributed by atoms with Gasteiger partial charge in [-0.3, -0.25) is 33.9 Å². The minimum absolute atomic E-state index is 0.0955. The molecule has 1 unspecified atom stereocenters. The number of rotatable bonds is 8. The summed E-state index contributed by atoms with van der Waals surface area (Å²) in [4.78, 5) is 49.9. The zero-order chi connectivity index (χ0) is 22.5. The monoisotopic (exact) mass is 432 g/mol. The third kappa shape index (κ3) is 11.7. The maximum absolute atomic E-state index is 11.4. The second-order valence-electron chi connectivity index (χ2n) is 7.37. The Morgan fingerprint density at radius 3 is 1.90 bits per heavy atom. The van der Waals surface area contributed by atoms with Gasteiger partial charge in [0.1, 0.15) is 0 Å². The topological polar surface area (TPSA) is 171 Å². The fourth-order valence-electron chi connectivity index (χ4n) is 3.55. The molecule has 1 rings (SSSR count). The van der Waals surface area contributed by atoms with E-state index in [-0.39, 0.29) is 32.6 Å². The summed E-state index contributed by atoms with van der Waals surface area (Å²) in [7, 11) is 0. The zero-order valence-corrected chi connectivity index (χ0v) is 17.0. The van der Waals surface area contributed by atoms with E-state index >= 15 is 0 Å². The second-order valence-corrected chi connectivity index (χ2v) is 7.37. The molecular formula is C18H32N4O8. The molecule has 12 heteroatoms. The first-order valence-corrected chi connectivity index (χ1v) is 9.94. The fraction of sp³-hybridized carbons (Fsp3) is 0.778. The van der Waals surface area contributed by atoms with Crippen LogP contribution in [0.4, 0.5) is 0 Å². The van der Waals surface area contributed by atoms with Crippen LogP contribution in [0.3, 0.4) is 0 Å². The Labute approximate surface area is 175 Å². The minimum atomic E-state index is -1.09. The predicted molar refractivity (Wildman–Crippen MR) is 106 cm³/mol. The molecule has 30 heavy (non-hydrogen) atoms. The van der Waals surface area contributed by atoms with E-state index in [4.69, 9.17) is 5.11 Å². The van der Waals surface area contributed by atoms with Gasteiger partial charge in [-0.1, -0.05) is 0 Å². The predicted octanol–water partition coefficient (Wildman–Crippen LogP) is -1.63. The van der Waals surface area contributed by atoms with Crippen molar-refractivity contribution < 1.29 is 39.6 Å². The maximum Gasteiger partial charge on any atom is 0.317 e. The molecule has 0 spiro atoms. The molecule has 0 aliphatic carbocycles. The molecule has 1 heterocycles. The van der Waals surface area contributed by atoms with Crippen LogP contribution < -0.4 is 5.32 Å². The summed E-state index contributed by atoms with van der Waals surface area (Å²) in [6.07, 6.45) is 0.766. The summed E-state index contributed by atoms with van der Waals surface area (Å²) < 4.78 is 0. The first-order chi connectivity index (χ1) is 14.2. The van der Waals surface area contributed by atoms with Crippen molar-refractivity contribution in [1.29, 1.82) is 0 Å². The second kappa shape index (κ2) is 13.9. The van der Waals surface area contributed by atoms with E-state index in [1.165, 1.54) is 0 Å². The Kier molecular flexibility index (Phi) is 11.9. The van der Waals surface area contributed by atoms with E-state index in [2.05, 4.69) is 5.32 Å². The van der Waals surface area contributed by atoms with Crippen molar-refractivity contribution in [3.8, 4) is 0 Å². The van der Waals surface area contributed by atoms with Crippen molar-refractivity contribution in [3.63, 3.8) is 0 Å². The van der Waals surface area contributed by atoms with Crippen molar-refractivity contribution in [2.45, 2.75) is 25.3 Å². The Balaban J connectivity index is 2.98. The highest BCUT2D eigenvalue weighted by atomic mass is 16.4. The van der Waals surface area contributed by atoms with Crippen LogP contribution >= 0.6 is 0 Å². The van der Waals surface area contributed by atoms with Gasteiger partial charge in [0.05, 0.1) is 26.1 Å². The third-order valence-corrected chi connectivity index (χ3v) is 4.80. The summed E-state index contributed by atoms with van der Waals surface area (Å²) in [5.41, 5.74) is 0. The Bertz CT molecular complexity index is 589. The van der Waals surface area contributed by atoms with Crippen LogP contribution in [0.5, 0.6) is 0 Å². The van der Waals surface area contributed by atoms with E-state index < -0.39 is 29.9 Å². The summed E-state index contributed by atoms with van der Waals surface area (Å²) in [5, 5.41) is 40.0. The SMILES string of the molecule is O=C(O)CC1CN(CC(=O)O)CCCN(CC(=O)O)CCNCCCN1CC(=O)O. The van der Waals surface area contributed by atoms with Gasteiger partial charge in [0.2, 0.25) is 0 Å². The standard InChI is InChI=1S/C18H32N4O8/c23-15(24)9-14-10-21(12-17(27)28)6-2-5-20(11-16(25)26)8-4-19-3-1-7-22(14)13-18(29)30/h14,19H,1-13H2,(H,23,24)(H,25,26)(H,27,28)(H,29,30). The van der Waals surface area contributed by atoms with E-state index in [0.29, 0.717) is 52.1 Å². The van der Waals surface area contributed by atoms with Gasteiger partial charge in [0.15, 0.2) is 0 Å². The Hall–Kier alpha value is -2.28. The van der Waals surface area contributed by atoms with Crippen LogP contribution in [0.15, 0.2) is 0 Å². The number of carboxylic acid groups (broad SMARTS) is 4. The lowest BCUT2D eigenvalue weighted by atomic mass is 10.1. The van der Waals surface area contributed by atoms with E-state index in [1.807, 2.05) is 0 Å². The quantitative estimate of drug-likeness (QED) is 0.297. The van der Waals surface area contributed by atoms with Crippen molar-refractivity contribution >= 4 is 23.9 Å². The van der Waals surface area contributed by atoms with Crippen LogP contribution in [0.2, 0.25) is 0 Å². The molecule has 1 atom stereocenters. The molecule has 1 fully saturated rings. The molecule has 0 amide bonds. The van der Waals surface area contributed by atoms with Gasteiger partial charge in [-0.25, -0.2) is 0 Å². The number of nitrogens with zero attached hydrogens (tertiary/aromatic N) is 3. The molecule has 1 aliphatic rings. The van der Waals surface area contributed by atoms with Gasteiger partial charge in [0, 0.05) is 45.3 Å². The molecule has 172 valence electrons. The van der Waals surface area contributed by atoms with Crippen LogP contribution in [0.1, 0.15) is 19.3 Å². The first-order valence-electron chi connectivity index (χ1n) is 9.94. The molecule has 5 N–H and O–H groups in total. The molecule has 0 aromatic carbocycles. The summed E-state index contributed by atoms with van der Waals surface area (Å²) >= 11 is 0. The zero-order valence-electron chi connectivity index (χ0n) is 17.0.